The second-order valence-electron chi connectivity index (χ2n) is 4.42. The Kier molecular flexibility index (Phi) is 4.00. The van der Waals surface area contributed by atoms with E-state index in [0.29, 0.717) is 13.0 Å². The highest BCUT2D eigenvalue weighted by Crippen LogP contribution is 2.21. The number of rotatable bonds is 5. The van der Waals surface area contributed by atoms with Crippen molar-refractivity contribution >= 4 is 11.8 Å². The zero-order chi connectivity index (χ0) is 12.2. The third kappa shape index (κ3) is 3.62. The topological polar surface area (TPSA) is 84.1 Å². The van der Waals surface area contributed by atoms with Crippen LogP contribution in [0.2, 0.25) is 0 Å². The van der Waals surface area contributed by atoms with Gasteiger partial charge in [-0.1, -0.05) is 13.8 Å². The van der Waals surface area contributed by atoms with Crippen LogP contribution in [-0.2, 0) is 0 Å². The summed E-state index contributed by atoms with van der Waals surface area (Å²) in [7, 11) is 0. The molecular formula is C10H17FN4O. The van der Waals surface area contributed by atoms with Gasteiger partial charge in [-0.2, -0.15) is 4.98 Å². The number of hydrogen-bond donors (Lipinski definition) is 3. The Labute approximate surface area is 93.9 Å². The highest BCUT2D eigenvalue weighted by molar-refractivity contribution is 5.39. The van der Waals surface area contributed by atoms with Crippen LogP contribution < -0.4 is 11.1 Å². The Morgan fingerprint density at radius 3 is 2.88 bits per heavy atom. The fraction of sp³-hybridized carbons (Fsp3) is 0.600. The second kappa shape index (κ2) is 5.07. The van der Waals surface area contributed by atoms with Gasteiger partial charge in [-0.05, 0) is 11.8 Å². The number of aromatic nitrogens is 2. The largest absolute Gasteiger partial charge is 0.396 e. The van der Waals surface area contributed by atoms with Gasteiger partial charge in [0.2, 0.25) is 5.95 Å². The first-order valence-electron chi connectivity index (χ1n) is 5.07. The highest BCUT2D eigenvalue weighted by atomic mass is 19.1. The van der Waals surface area contributed by atoms with Crippen molar-refractivity contribution in [3.8, 4) is 0 Å². The summed E-state index contributed by atoms with van der Waals surface area (Å²) >= 11 is 0. The van der Waals surface area contributed by atoms with Gasteiger partial charge in [-0.25, -0.2) is 9.37 Å². The lowest BCUT2D eigenvalue weighted by molar-refractivity contribution is 0.220. The van der Waals surface area contributed by atoms with Crippen LogP contribution >= 0.6 is 0 Å². The molecule has 0 bridgehead atoms. The molecule has 0 aliphatic heterocycles. The summed E-state index contributed by atoms with van der Waals surface area (Å²) in [5.74, 6) is -0.406. The van der Waals surface area contributed by atoms with Gasteiger partial charge < -0.3 is 16.2 Å². The summed E-state index contributed by atoms with van der Waals surface area (Å²) < 4.78 is 13.2. The fourth-order valence-corrected chi connectivity index (χ4v) is 1.22. The Bertz CT molecular complexity index is 357. The van der Waals surface area contributed by atoms with E-state index < -0.39 is 5.82 Å². The number of nitrogen functional groups attached to an aromatic ring is 1. The molecule has 1 heterocycles. The van der Waals surface area contributed by atoms with Crippen molar-refractivity contribution in [2.45, 2.75) is 20.3 Å². The molecule has 1 rings (SSSR count). The van der Waals surface area contributed by atoms with E-state index in [2.05, 4.69) is 15.3 Å². The van der Waals surface area contributed by atoms with Gasteiger partial charge in [0, 0.05) is 13.2 Å². The summed E-state index contributed by atoms with van der Waals surface area (Å²) in [5, 5.41) is 11.7. The number of aliphatic hydroxyl groups excluding tert-OH is 1. The van der Waals surface area contributed by atoms with Crippen LogP contribution in [0.3, 0.4) is 0 Å². The molecule has 0 unspecified atom stereocenters. The lowest BCUT2D eigenvalue weighted by atomic mass is 9.90. The molecule has 0 saturated carbocycles. The van der Waals surface area contributed by atoms with E-state index in [-0.39, 0.29) is 23.8 Å². The van der Waals surface area contributed by atoms with Crippen molar-refractivity contribution in [2.75, 3.05) is 24.2 Å². The maximum Gasteiger partial charge on any atom is 0.222 e. The average Bonchev–Trinajstić information content (AvgIpc) is 2.19. The molecule has 90 valence electrons. The van der Waals surface area contributed by atoms with Gasteiger partial charge in [-0.15, -0.1) is 0 Å². The minimum absolute atomic E-state index is 0.0314. The molecule has 6 heteroatoms. The summed E-state index contributed by atoms with van der Waals surface area (Å²) in [4.78, 5) is 7.29. The summed E-state index contributed by atoms with van der Waals surface area (Å²) in [6, 6.07) is 0. The van der Waals surface area contributed by atoms with E-state index in [1.807, 2.05) is 13.8 Å². The van der Waals surface area contributed by atoms with Crippen LogP contribution in [0.5, 0.6) is 0 Å². The third-order valence-corrected chi connectivity index (χ3v) is 2.29. The van der Waals surface area contributed by atoms with Gasteiger partial charge in [0.25, 0.3) is 0 Å². The number of nitrogens with zero attached hydrogens (tertiary/aromatic N) is 2. The van der Waals surface area contributed by atoms with Crippen molar-refractivity contribution in [1.82, 2.24) is 9.97 Å². The van der Waals surface area contributed by atoms with Crippen LogP contribution in [0.4, 0.5) is 16.2 Å². The molecular weight excluding hydrogens is 211 g/mol. The number of hydrogen-bond acceptors (Lipinski definition) is 5. The molecule has 1 aromatic rings. The SMILES string of the molecule is CC(C)(CCO)CNc1nc(N)ncc1F. The molecule has 0 amide bonds. The molecule has 16 heavy (non-hydrogen) atoms. The maximum atomic E-state index is 13.2. The van der Waals surface area contributed by atoms with E-state index in [0.717, 1.165) is 6.20 Å². The molecule has 0 saturated heterocycles. The molecule has 4 N–H and O–H groups in total. The van der Waals surface area contributed by atoms with Crippen molar-refractivity contribution in [1.29, 1.82) is 0 Å². The Balaban J connectivity index is 2.63. The van der Waals surface area contributed by atoms with Gasteiger partial charge in [-0.3, -0.25) is 0 Å². The molecule has 0 atom stereocenters. The summed E-state index contributed by atoms with van der Waals surface area (Å²) in [6.45, 7) is 4.54. The lowest BCUT2D eigenvalue weighted by Gasteiger charge is -2.24. The third-order valence-electron chi connectivity index (χ3n) is 2.29. The Morgan fingerprint density at radius 1 is 1.56 bits per heavy atom. The van der Waals surface area contributed by atoms with E-state index in [1.165, 1.54) is 0 Å². The zero-order valence-corrected chi connectivity index (χ0v) is 9.50. The molecule has 0 spiro atoms. The number of aliphatic hydroxyl groups is 1. The minimum atomic E-state index is -0.533. The van der Waals surface area contributed by atoms with Crippen molar-refractivity contribution in [3.63, 3.8) is 0 Å². The predicted molar refractivity (Wildman–Crippen MR) is 60.4 cm³/mol. The maximum absolute atomic E-state index is 13.2. The predicted octanol–water partition coefficient (Wildman–Crippen LogP) is 1.02. The van der Waals surface area contributed by atoms with E-state index >= 15 is 0 Å². The van der Waals surface area contributed by atoms with Crippen molar-refractivity contribution < 1.29 is 9.50 Å². The molecule has 0 aliphatic carbocycles. The molecule has 0 aliphatic rings. The number of halogens is 1. The average molecular weight is 228 g/mol. The van der Waals surface area contributed by atoms with E-state index in [9.17, 15) is 4.39 Å². The van der Waals surface area contributed by atoms with Gasteiger partial charge in [0.1, 0.15) is 0 Å². The van der Waals surface area contributed by atoms with Crippen LogP contribution in [0, 0.1) is 11.2 Å². The molecule has 0 aromatic carbocycles. The normalized spacial score (nSPS) is 11.5. The monoisotopic (exact) mass is 228 g/mol. The lowest BCUT2D eigenvalue weighted by Crippen LogP contribution is -2.25. The first kappa shape index (κ1) is 12.6. The van der Waals surface area contributed by atoms with Crippen LogP contribution in [0.15, 0.2) is 6.20 Å². The Hall–Kier alpha value is -1.43. The van der Waals surface area contributed by atoms with Gasteiger partial charge >= 0.3 is 0 Å². The minimum Gasteiger partial charge on any atom is -0.396 e. The molecule has 0 fully saturated rings. The molecule has 5 nitrogen and oxygen atoms in total. The fourth-order valence-electron chi connectivity index (χ4n) is 1.22. The molecule has 0 radical (unpaired) electrons. The Morgan fingerprint density at radius 2 is 2.25 bits per heavy atom. The van der Waals surface area contributed by atoms with E-state index in [4.69, 9.17) is 10.8 Å². The molecule has 1 aromatic heterocycles. The zero-order valence-electron chi connectivity index (χ0n) is 9.50. The van der Waals surface area contributed by atoms with Crippen molar-refractivity contribution in [3.05, 3.63) is 12.0 Å². The summed E-state index contributed by atoms with van der Waals surface area (Å²) in [6.07, 6.45) is 1.66. The highest BCUT2D eigenvalue weighted by Gasteiger charge is 2.18. The van der Waals surface area contributed by atoms with Crippen LogP contribution in [-0.4, -0.2) is 28.2 Å². The van der Waals surface area contributed by atoms with Crippen LogP contribution in [0.25, 0.3) is 0 Å². The van der Waals surface area contributed by atoms with Crippen LogP contribution in [0.1, 0.15) is 20.3 Å². The first-order chi connectivity index (χ1) is 7.44. The van der Waals surface area contributed by atoms with Gasteiger partial charge in [0.05, 0.1) is 6.20 Å². The summed E-state index contributed by atoms with van der Waals surface area (Å²) in [5.41, 5.74) is 5.22. The first-order valence-corrected chi connectivity index (χ1v) is 5.07. The van der Waals surface area contributed by atoms with E-state index in [1.54, 1.807) is 0 Å². The standard InChI is InChI=1S/C10H17FN4O/c1-10(2,3-4-16)6-14-8-7(11)5-13-9(12)15-8/h5,16H,3-4,6H2,1-2H3,(H3,12,13,14,15). The quantitative estimate of drug-likeness (QED) is 0.700. The number of anilines is 2. The number of nitrogens with two attached hydrogens (primary N) is 1. The van der Waals surface area contributed by atoms with Gasteiger partial charge in [0.15, 0.2) is 11.6 Å². The number of nitrogens with one attached hydrogen (secondary N) is 1. The van der Waals surface area contributed by atoms with Crippen molar-refractivity contribution in [2.24, 2.45) is 5.41 Å². The smallest absolute Gasteiger partial charge is 0.222 e. The second-order valence-corrected chi connectivity index (χ2v) is 4.42.